The molecule has 0 spiro atoms. The molecule has 0 aromatic rings. The molecular formula is C6H7O4. The molecule has 0 saturated carbocycles. The Morgan fingerprint density at radius 2 is 2.10 bits per heavy atom. The van der Waals surface area contributed by atoms with Crippen molar-refractivity contribution in [1.29, 1.82) is 0 Å². The molecule has 0 saturated heterocycles. The molecule has 0 aromatic heterocycles. The molecule has 1 heterocycles. The van der Waals surface area contributed by atoms with Crippen LogP contribution in [0.3, 0.4) is 0 Å². The number of hydrogen-bond acceptors (Lipinski definition) is 3. The van der Waals surface area contributed by atoms with Gasteiger partial charge < -0.3 is 14.6 Å². The molecule has 0 aromatic carbocycles. The Morgan fingerprint density at radius 3 is 2.50 bits per heavy atom. The van der Waals surface area contributed by atoms with Gasteiger partial charge in [0, 0.05) is 13.8 Å². The number of aliphatic hydroxyl groups is 1. The van der Waals surface area contributed by atoms with E-state index in [2.05, 4.69) is 9.47 Å². The summed E-state index contributed by atoms with van der Waals surface area (Å²) >= 11 is 0. The Bertz CT molecular complexity index is 192. The third kappa shape index (κ3) is 1.36. The predicted octanol–water partition coefficient (Wildman–Crippen LogP) is 1.04. The van der Waals surface area contributed by atoms with E-state index in [-0.39, 0.29) is 0 Å². The van der Waals surface area contributed by atoms with Crippen molar-refractivity contribution in [2.45, 2.75) is 19.6 Å². The second-order valence-electron chi connectivity index (χ2n) is 2.32. The van der Waals surface area contributed by atoms with Crippen molar-refractivity contribution in [2.24, 2.45) is 0 Å². The van der Waals surface area contributed by atoms with E-state index < -0.39 is 17.7 Å². The van der Waals surface area contributed by atoms with E-state index in [0.717, 1.165) is 0 Å². The Balaban J connectivity index is 2.88. The normalized spacial score (nSPS) is 21.8. The van der Waals surface area contributed by atoms with Crippen LogP contribution in [0.15, 0.2) is 17.6 Å². The topological polar surface area (TPSA) is 58.6 Å². The lowest BCUT2D eigenvalue weighted by Crippen LogP contribution is -2.29. The van der Waals surface area contributed by atoms with E-state index in [0.29, 0.717) is 0 Å². The summed E-state index contributed by atoms with van der Waals surface area (Å²) < 4.78 is 9.25. The maximum atomic E-state index is 10.5. The lowest BCUT2D eigenvalue weighted by molar-refractivity contribution is -0.223. The van der Waals surface area contributed by atoms with Gasteiger partial charge in [0.15, 0.2) is 0 Å². The van der Waals surface area contributed by atoms with E-state index in [1.54, 1.807) is 0 Å². The Labute approximate surface area is 58.0 Å². The number of hydrogen-bond donors (Lipinski definition) is 1. The van der Waals surface area contributed by atoms with Crippen LogP contribution in [0.2, 0.25) is 0 Å². The van der Waals surface area contributed by atoms with Gasteiger partial charge in [-0.15, -0.1) is 0 Å². The van der Waals surface area contributed by atoms with Crippen LogP contribution >= 0.6 is 0 Å². The SMILES string of the molecule is CC1(C)OC([O])=C=C(O)O1. The van der Waals surface area contributed by atoms with E-state index in [1.807, 2.05) is 5.73 Å². The minimum absolute atomic E-state index is 0.527. The number of aliphatic hydroxyl groups excluding tert-OH is 1. The minimum atomic E-state index is -1.08. The third-order valence-corrected chi connectivity index (χ3v) is 0.890. The van der Waals surface area contributed by atoms with Crippen LogP contribution in [0.1, 0.15) is 13.8 Å². The lowest BCUT2D eigenvalue weighted by atomic mass is 10.4. The first-order chi connectivity index (χ1) is 4.49. The van der Waals surface area contributed by atoms with Gasteiger partial charge in [-0.3, -0.25) is 0 Å². The Kier molecular flexibility index (Phi) is 1.27. The summed E-state index contributed by atoms with van der Waals surface area (Å²) in [7, 11) is 0. The fourth-order valence-electron chi connectivity index (χ4n) is 0.615. The summed E-state index contributed by atoms with van der Waals surface area (Å²) in [6, 6.07) is 0. The van der Waals surface area contributed by atoms with Crippen LogP contribution in [0.4, 0.5) is 0 Å². The van der Waals surface area contributed by atoms with Gasteiger partial charge in [-0.1, -0.05) is 0 Å². The smallest absolute Gasteiger partial charge is 0.386 e. The van der Waals surface area contributed by atoms with E-state index in [4.69, 9.17) is 5.11 Å². The Hall–Kier alpha value is -1.28. The van der Waals surface area contributed by atoms with Gasteiger partial charge in [0.25, 0.3) is 5.79 Å². The van der Waals surface area contributed by atoms with Crippen molar-refractivity contribution in [3.8, 4) is 0 Å². The molecule has 0 bridgehead atoms. The highest BCUT2D eigenvalue weighted by molar-refractivity contribution is 4.91. The molecule has 1 aliphatic rings. The molecule has 4 heteroatoms. The summed E-state index contributed by atoms with van der Waals surface area (Å²) in [5.74, 6) is -2.32. The van der Waals surface area contributed by atoms with Crippen molar-refractivity contribution in [2.75, 3.05) is 0 Å². The molecule has 4 nitrogen and oxygen atoms in total. The molecule has 1 aliphatic heterocycles. The standard InChI is InChI=1S/C6H7O4/c1-6(2)9-4(7)3-5(8)10-6/h7H,1-2H3. The highest BCUT2D eigenvalue weighted by atomic mass is 16.8. The van der Waals surface area contributed by atoms with Crippen molar-refractivity contribution in [3.63, 3.8) is 0 Å². The molecule has 1 rings (SSSR count). The fraction of sp³-hybridized carbons (Fsp3) is 0.500. The monoisotopic (exact) mass is 143 g/mol. The molecule has 0 aliphatic carbocycles. The molecule has 0 atom stereocenters. The van der Waals surface area contributed by atoms with E-state index >= 15 is 0 Å². The van der Waals surface area contributed by atoms with E-state index in [9.17, 15) is 5.11 Å². The van der Waals surface area contributed by atoms with Crippen LogP contribution < -0.4 is 0 Å². The van der Waals surface area contributed by atoms with Gasteiger partial charge in [0.05, 0.1) is 5.73 Å². The van der Waals surface area contributed by atoms with Crippen molar-refractivity contribution in [1.82, 2.24) is 0 Å². The van der Waals surface area contributed by atoms with Crippen LogP contribution in [0.25, 0.3) is 0 Å². The summed E-state index contributed by atoms with van der Waals surface area (Å²) in [6.07, 6.45) is 0. The van der Waals surface area contributed by atoms with Crippen LogP contribution in [-0.2, 0) is 14.6 Å². The van der Waals surface area contributed by atoms with Gasteiger partial charge in [0.1, 0.15) is 0 Å². The zero-order valence-corrected chi connectivity index (χ0v) is 5.67. The largest absolute Gasteiger partial charge is 0.475 e. The zero-order chi connectivity index (χ0) is 7.78. The van der Waals surface area contributed by atoms with Crippen LogP contribution in [0, 0.1) is 0 Å². The second kappa shape index (κ2) is 1.85. The summed E-state index contributed by atoms with van der Waals surface area (Å²) in [6.45, 7) is 3.03. The van der Waals surface area contributed by atoms with Crippen molar-refractivity contribution < 1.29 is 19.7 Å². The van der Waals surface area contributed by atoms with Crippen molar-refractivity contribution in [3.05, 3.63) is 17.6 Å². The van der Waals surface area contributed by atoms with Gasteiger partial charge in [-0.2, -0.15) is 0 Å². The van der Waals surface area contributed by atoms with Crippen molar-refractivity contribution >= 4 is 0 Å². The highest BCUT2D eigenvalue weighted by Crippen LogP contribution is 2.21. The molecule has 1 N–H and O–H groups in total. The van der Waals surface area contributed by atoms with Gasteiger partial charge in [-0.05, 0) is 0 Å². The summed E-state index contributed by atoms with van der Waals surface area (Å²) in [5.41, 5.74) is 1.92. The number of rotatable bonds is 0. The molecule has 10 heavy (non-hydrogen) atoms. The van der Waals surface area contributed by atoms with E-state index in [1.165, 1.54) is 13.8 Å². The second-order valence-corrected chi connectivity index (χ2v) is 2.32. The minimum Gasteiger partial charge on any atom is -0.475 e. The maximum absolute atomic E-state index is 10.5. The van der Waals surface area contributed by atoms with Crippen LogP contribution in [0.5, 0.6) is 0 Å². The highest BCUT2D eigenvalue weighted by Gasteiger charge is 2.28. The third-order valence-electron chi connectivity index (χ3n) is 0.890. The molecule has 1 radical (unpaired) electrons. The maximum Gasteiger partial charge on any atom is 0.386 e. The van der Waals surface area contributed by atoms with Gasteiger partial charge >= 0.3 is 11.9 Å². The molecular weight excluding hydrogens is 136 g/mol. The Morgan fingerprint density at radius 1 is 1.50 bits per heavy atom. The summed E-state index contributed by atoms with van der Waals surface area (Å²) in [4.78, 5) is 0. The molecule has 0 unspecified atom stereocenters. The first-order valence-corrected chi connectivity index (χ1v) is 2.74. The van der Waals surface area contributed by atoms with Crippen LogP contribution in [-0.4, -0.2) is 10.9 Å². The zero-order valence-electron chi connectivity index (χ0n) is 5.67. The fourth-order valence-corrected chi connectivity index (χ4v) is 0.615. The lowest BCUT2D eigenvalue weighted by Gasteiger charge is -2.25. The first-order valence-electron chi connectivity index (χ1n) is 2.74. The first kappa shape index (κ1) is 6.83. The number of ether oxygens (including phenoxy) is 2. The quantitative estimate of drug-likeness (QED) is 0.515. The van der Waals surface area contributed by atoms with Gasteiger partial charge in [-0.25, -0.2) is 5.11 Å². The molecule has 0 fully saturated rings. The van der Waals surface area contributed by atoms with Gasteiger partial charge in [0.2, 0.25) is 0 Å². The molecule has 55 valence electrons. The average molecular weight is 143 g/mol. The predicted molar refractivity (Wildman–Crippen MR) is 30.1 cm³/mol. The average Bonchev–Trinajstić information content (AvgIpc) is 1.54. The summed E-state index contributed by atoms with van der Waals surface area (Å²) in [5, 5.41) is 19.2. The molecule has 0 amide bonds.